The zero-order chi connectivity index (χ0) is 10.3. The second-order valence-electron chi connectivity index (χ2n) is 5.00. The molecule has 0 aromatic carbocycles. The average Bonchev–Trinajstić information content (AvgIpc) is 2.71. The Balaban J connectivity index is 2.06. The van der Waals surface area contributed by atoms with E-state index >= 15 is 0 Å². The molecular weight excluding hydrogens is 178 g/mol. The van der Waals surface area contributed by atoms with Crippen molar-refractivity contribution in [2.24, 2.45) is 28.1 Å². The van der Waals surface area contributed by atoms with Gasteiger partial charge in [-0.05, 0) is 30.6 Å². The van der Waals surface area contributed by atoms with E-state index < -0.39 is 6.03 Å². The summed E-state index contributed by atoms with van der Waals surface area (Å²) in [7, 11) is 0. The van der Waals surface area contributed by atoms with Gasteiger partial charge in [0.1, 0.15) is 0 Å². The molecule has 78 valence electrons. The standard InChI is InChI=1S/C10H17N3O/c1-6-3-8(12-13-9(11)14)7-5-10(7,2)4-6/h6-7H,3-5H2,1-2H3,(H3,11,13,14)/b12-8+. The summed E-state index contributed by atoms with van der Waals surface area (Å²) in [5.41, 5.74) is 8.90. The van der Waals surface area contributed by atoms with Crippen LogP contribution in [-0.4, -0.2) is 11.7 Å². The van der Waals surface area contributed by atoms with Crippen LogP contribution in [0.3, 0.4) is 0 Å². The number of nitrogens with zero attached hydrogens (tertiary/aromatic N) is 1. The Hall–Kier alpha value is -1.06. The first kappa shape index (κ1) is 9.49. The second-order valence-corrected chi connectivity index (χ2v) is 5.00. The molecule has 2 aliphatic carbocycles. The van der Waals surface area contributed by atoms with Gasteiger partial charge in [-0.2, -0.15) is 5.10 Å². The number of hydrazone groups is 1. The van der Waals surface area contributed by atoms with Crippen molar-refractivity contribution in [1.82, 2.24) is 5.43 Å². The molecule has 14 heavy (non-hydrogen) atoms. The van der Waals surface area contributed by atoms with E-state index in [0.29, 0.717) is 17.3 Å². The fourth-order valence-electron chi connectivity index (χ4n) is 2.77. The first-order valence-electron chi connectivity index (χ1n) is 5.13. The largest absolute Gasteiger partial charge is 0.350 e. The second kappa shape index (κ2) is 2.97. The molecule has 2 aliphatic rings. The maximum absolute atomic E-state index is 10.5. The molecule has 2 fully saturated rings. The van der Waals surface area contributed by atoms with E-state index in [1.54, 1.807) is 0 Å². The van der Waals surface area contributed by atoms with E-state index in [0.717, 1.165) is 12.1 Å². The third-order valence-electron chi connectivity index (χ3n) is 3.44. The molecule has 0 bridgehead atoms. The molecule has 0 saturated heterocycles. The number of hydrogen-bond donors (Lipinski definition) is 2. The van der Waals surface area contributed by atoms with Crippen LogP contribution in [0.15, 0.2) is 5.10 Å². The van der Waals surface area contributed by atoms with E-state index in [9.17, 15) is 4.79 Å². The molecule has 0 radical (unpaired) electrons. The Bertz CT molecular complexity index is 300. The van der Waals surface area contributed by atoms with Gasteiger partial charge in [0.25, 0.3) is 0 Å². The molecule has 4 nitrogen and oxygen atoms in total. The highest BCUT2D eigenvalue weighted by molar-refractivity contribution is 5.92. The number of nitrogens with two attached hydrogens (primary N) is 1. The lowest BCUT2D eigenvalue weighted by Gasteiger charge is -2.24. The quantitative estimate of drug-likeness (QED) is 0.611. The Morgan fingerprint density at radius 1 is 1.64 bits per heavy atom. The van der Waals surface area contributed by atoms with Crippen molar-refractivity contribution in [3.63, 3.8) is 0 Å². The van der Waals surface area contributed by atoms with Crippen molar-refractivity contribution in [3.8, 4) is 0 Å². The number of carbonyl (C=O) groups is 1. The summed E-state index contributed by atoms with van der Waals surface area (Å²) in [4.78, 5) is 10.5. The normalized spacial score (nSPS) is 43.1. The van der Waals surface area contributed by atoms with Gasteiger partial charge in [-0.25, -0.2) is 10.2 Å². The number of nitrogens with one attached hydrogen (secondary N) is 1. The Kier molecular flexibility index (Phi) is 2.01. The van der Waals surface area contributed by atoms with Crippen molar-refractivity contribution in [2.75, 3.05) is 0 Å². The molecule has 4 heteroatoms. The summed E-state index contributed by atoms with van der Waals surface area (Å²) in [6.45, 7) is 4.53. The van der Waals surface area contributed by atoms with Crippen molar-refractivity contribution in [1.29, 1.82) is 0 Å². The maximum Gasteiger partial charge on any atom is 0.332 e. The molecule has 2 rings (SSSR count). The lowest BCUT2D eigenvalue weighted by atomic mass is 9.82. The molecule has 3 atom stereocenters. The number of hydrogen-bond acceptors (Lipinski definition) is 2. The number of fused-ring (bicyclic) bond motifs is 1. The number of primary amides is 1. The third-order valence-corrected chi connectivity index (χ3v) is 3.44. The van der Waals surface area contributed by atoms with Crippen LogP contribution < -0.4 is 11.2 Å². The van der Waals surface area contributed by atoms with E-state index in [1.807, 2.05) is 0 Å². The molecule has 0 heterocycles. The highest BCUT2D eigenvalue weighted by Gasteiger charge is 2.55. The number of urea groups is 1. The minimum atomic E-state index is -0.571. The fourth-order valence-corrected chi connectivity index (χ4v) is 2.77. The van der Waals surface area contributed by atoms with Gasteiger partial charge in [-0.1, -0.05) is 13.8 Å². The third kappa shape index (κ3) is 1.61. The Morgan fingerprint density at radius 2 is 2.36 bits per heavy atom. The highest BCUT2D eigenvalue weighted by atomic mass is 16.2. The van der Waals surface area contributed by atoms with Crippen LogP contribution in [0.1, 0.15) is 33.1 Å². The first-order chi connectivity index (χ1) is 6.51. The van der Waals surface area contributed by atoms with Crippen molar-refractivity contribution in [3.05, 3.63) is 0 Å². The monoisotopic (exact) mass is 195 g/mol. The van der Waals surface area contributed by atoms with Crippen molar-refractivity contribution >= 4 is 11.7 Å². The van der Waals surface area contributed by atoms with Gasteiger partial charge >= 0.3 is 6.03 Å². The van der Waals surface area contributed by atoms with Crippen LogP contribution in [0.5, 0.6) is 0 Å². The highest BCUT2D eigenvalue weighted by Crippen LogP contribution is 2.60. The van der Waals surface area contributed by atoms with Crippen LogP contribution in [0.2, 0.25) is 0 Å². The van der Waals surface area contributed by atoms with Crippen molar-refractivity contribution in [2.45, 2.75) is 33.1 Å². The summed E-state index contributed by atoms with van der Waals surface area (Å²) in [5, 5.41) is 4.09. The zero-order valence-corrected chi connectivity index (χ0v) is 8.71. The van der Waals surface area contributed by atoms with Crippen LogP contribution in [0, 0.1) is 17.3 Å². The summed E-state index contributed by atoms with van der Waals surface area (Å²) in [6, 6.07) is -0.571. The zero-order valence-electron chi connectivity index (χ0n) is 8.71. The van der Waals surface area contributed by atoms with Crippen LogP contribution in [-0.2, 0) is 0 Å². The van der Waals surface area contributed by atoms with Crippen LogP contribution in [0.25, 0.3) is 0 Å². The van der Waals surface area contributed by atoms with Crippen LogP contribution in [0.4, 0.5) is 4.79 Å². The lowest BCUT2D eigenvalue weighted by molar-refractivity contribution is 0.249. The molecule has 2 saturated carbocycles. The lowest BCUT2D eigenvalue weighted by Crippen LogP contribution is -2.29. The van der Waals surface area contributed by atoms with E-state index in [4.69, 9.17) is 5.73 Å². The molecular formula is C10H17N3O. The van der Waals surface area contributed by atoms with Gasteiger partial charge in [0.15, 0.2) is 0 Å². The molecule has 0 spiro atoms. The van der Waals surface area contributed by atoms with Gasteiger partial charge in [0.2, 0.25) is 0 Å². The van der Waals surface area contributed by atoms with Crippen molar-refractivity contribution < 1.29 is 4.79 Å². The summed E-state index contributed by atoms with van der Waals surface area (Å²) < 4.78 is 0. The molecule has 0 aromatic rings. The van der Waals surface area contributed by atoms with Crippen LogP contribution >= 0.6 is 0 Å². The minimum Gasteiger partial charge on any atom is -0.350 e. The average molecular weight is 195 g/mol. The first-order valence-corrected chi connectivity index (χ1v) is 5.13. The number of rotatable bonds is 1. The molecule has 2 amide bonds. The van der Waals surface area contributed by atoms with Gasteiger partial charge in [0, 0.05) is 11.6 Å². The number of carbonyl (C=O) groups excluding carboxylic acids is 1. The minimum absolute atomic E-state index is 0.454. The Labute approximate surface area is 83.9 Å². The van der Waals surface area contributed by atoms with Gasteiger partial charge in [-0.3, -0.25) is 0 Å². The number of amides is 2. The molecule has 0 aromatic heterocycles. The molecule has 3 N–H and O–H groups in total. The summed E-state index contributed by atoms with van der Waals surface area (Å²) >= 11 is 0. The van der Waals surface area contributed by atoms with Gasteiger partial charge in [-0.15, -0.1) is 0 Å². The predicted octanol–water partition coefficient (Wildman–Crippen LogP) is 1.47. The van der Waals surface area contributed by atoms with Gasteiger partial charge < -0.3 is 5.73 Å². The predicted molar refractivity (Wildman–Crippen MR) is 54.8 cm³/mol. The summed E-state index contributed by atoms with van der Waals surface area (Å²) in [5.74, 6) is 1.26. The summed E-state index contributed by atoms with van der Waals surface area (Å²) in [6.07, 6.45) is 3.50. The molecule has 3 unspecified atom stereocenters. The van der Waals surface area contributed by atoms with Gasteiger partial charge in [0.05, 0.1) is 0 Å². The fraction of sp³-hybridized carbons (Fsp3) is 0.800. The molecule has 0 aliphatic heterocycles. The smallest absolute Gasteiger partial charge is 0.332 e. The Morgan fingerprint density at radius 3 is 3.00 bits per heavy atom. The van der Waals surface area contributed by atoms with E-state index in [-0.39, 0.29) is 0 Å². The van der Waals surface area contributed by atoms with E-state index in [1.165, 1.54) is 12.8 Å². The SMILES string of the molecule is CC1C/C(=N\NC(N)=O)C2CC2(C)C1. The van der Waals surface area contributed by atoms with E-state index in [2.05, 4.69) is 24.4 Å². The topological polar surface area (TPSA) is 67.5 Å². The maximum atomic E-state index is 10.5.